The molecule has 2 aromatic rings. The molecule has 1 atom stereocenters. The molecule has 0 radical (unpaired) electrons. The van der Waals surface area contributed by atoms with Crippen LogP contribution in [0.2, 0.25) is 0 Å². The number of terminal acetylenes is 1. The van der Waals surface area contributed by atoms with Crippen LogP contribution in [0.4, 0.5) is 0 Å². The third kappa shape index (κ3) is 2.48. The van der Waals surface area contributed by atoms with E-state index >= 15 is 0 Å². The van der Waals surface area contributed by atoms with Gasteiger partial charge in [0.25, 0.3) is 0 Å². The lowest BCUT2D eigenvalue weighted by Gasteiger charge is -2.36. The molecule has 0 aliphatic carbocycles. The normalized spacial score (nSPS) is 14.3. The summed E-state index contributed by atoms with van der Waals surface area (Å²) in [4.78, 5) is 0. The van der Waals surface area contributed by atoms with Crippen LogP contribution >= 0.6 is 0 Å². The highest BCUT2D eigenvalue weighted by atomic mass is 16.3. The summed E-state index contributed by atoms with van der Waals surface area (Å²) in [7, 11) is 0. The molecule has 0 fully saturated rings. The van der Waals surface area contributed by atoms with E-state index in [0.717, 1.165) is 16.7 Å². The summed E-state index contributed by atoms with van der Waals surface area (Å²) in [6.07, 6.45) is 5.57. The van der Waals surface area contributed by atoms with E-state index in [0.29, 0.717) is 0 Å². The third-order valence-corrected chi connectivity index (χ3v) is 3.70. The van der Waals surface area contributed by atoms with E-state index in [-0.39, 0.29) is 0 Å². The van der Waals surface area contributed by atoms with Gasteiger partial charge in [-0.2, -0.15) is 0 Å². The van der Waals surface area contributed by atoms with Crippen molar-refractivity contribution in [3.8, 4) is 23.5 Å². The van der Waals surface area contributed by atoms with Crippen LogP contribution in [-0.2, 0) is 5.60 Å². The number of aliphatic hydroxyl groups is 1. The molecule has 0 amide bonds. The van der Waals surface area contributed by atoms with Crippen LogP contribution < -0.4 is 0 Å². The van der Waals surface area contributed by atoms with E-state index in [1.54, 1.807) is 0 Å². The molecule has 1 N–H and O–H groups in total. The molecule has 0 saturated heterocycles. The lowest BCUT2D eigenvalue weighted by Crippen LogP contribution is -2.38. The second-order valence-electron chi connectivity index (χ2n) is 6.05. The Morgan fingerprint density at radius 1 is 0.850 bits per heavy atom. The molecule has 0 spiro atoms. The zero-order chi connectivity index (χ0) is 14.8. The Morgan fingerprint density at radius 2 is 1.35 bits per heavy atom. The summed E-state index contributed by atoms with van der Waals surface area (Å²) < 4.78 is 0. The third-order valence-electron chi connectivity index (χ3n) is 3.70. The molecule has 0 aliphatic rings. The molecule has 0 unspecified atom stereocenters. The summed E-state index contributed by atoms with van der Waals surface area (Å²) in [5.41, 5.74) is 1.34. The van der Waals surface area contributed by atoms with Gasteiger partial charge in [-0.1, -0.05) is 81.3 Å². The van der Waals surface area contributed by atoms with E-state index in [2.05, 4.69) is 18.1 Å². The van der Waals surface area contributed by atoms with Gasteiger partial charge >= 0.3 is 0 Å². The minimum Gasteiger partial charge on any atom is -0.373 e. The number of hydrogen-bond donors (Lipinski definition) is 1. The fraction of sp³-hybridized carbons (Fsp3) is 0.263. The maximum absolute atomic E-state index is 10.8. The molecular formula is C19H20O. The fourth-order valence-electron chi connectivity index (χ4n) is 2.27. The number of benzene rings is 2. The zero-order valence-electron chi connectivity index (χ0n) is 12.2. The maximum Gasteiger partial charge on any atom is 0.155 e. The molecule has 0 saturated carbocycles. The van der Waals surface area contributed by atoms with Crippen LogP contribution in [0.25, 0.3) is 11.1 Å². The maximum atomic E-state index is 10.8. The van der Waals surface area contributed by atoms with Crippen molar-refractivity contribution in [2.24, 2.45) is 5.41 Å². The molecule has 0 heterocycles. The highest BCUT2D eigenvalue weighted by molar-refractivity contribution is 5.63. The molecule has 2 aromatic carbocycles. The highest BCUT2D eigenvalue weighted by Gasteiger charge is 2.39. The minimum atomic E-state index is -1.26. The van der Waals surface area contributed by atoms with Gasteiger partial charge in [-0.25, -0.2) is 0 Å². The first-order valence-corrected chi connectivity index (χ1v) is 6.74. The molecule has 1 nitrogen and oxygen atoms in total. The standard InChI is InChI=1S/C19H20O/c1-5-19(20,18(2,3)4)17-13-11-16(12-14-17)15-9-7-6-8-10-15/h1,6-14,20H,2-4H3/t19-/m1/s1. The van der Waals surface area contributed by atoms with E-state index < -0.39 is 11.0 Å². The summed E-state index contributed by atoms with van der Waals surface area (Å²) in [6, 6.07) is 18.0. The van der Waals surface area contributed by atoms with Crippen molar-refractivity contribution in [3.05, 3.63) is 60.2 Å². The largest absolute Gasteiger partial charge is 0.373 e. The van der Waals surface area contributed by atoms with Gasteiger partial charge in [0.05, 0.1) is 0 Å². The summed E-state index contributed by atoms with van der Waals surface area (Å²) >= 11 is 0. The summed E-state index contributed by atoms with van der Waals surface area (Å²) in [5.74, 6) is 2.55. The van der Waals surface area contributed by atoms with Gasteiger partial charge in [-0.05, 0) is 16.7 Å². The first-order chi connectivity index (χ1) is 9.38. The Labute approximate surface area is 121 Å². The monoisotopic (exact) mass is 264 g/mol. The summed E-state index contributed by atoms with van der Waals surface area (Å²) in [5, 5.41) is 10.8. The second kappa shape index (κ2) is 5.15. The average molecular weight is 264 g/mol. The fourth-order valence-corrected chi connectivity index (χ4v) is 2.27. The first kappa shape index (κ1) is 14.4. The van der Waals surface area contributed by atoms with E-state index in [1.165, 1.54) is 0 Å². The molecule has 20 heavy (non-hydrogen) atoms. The Bertz CT molecular complexity index is 612. The SMILES string of the molecule is C#C[C@@](O)(c1ccc(-c2ccccc2)cc1)C(C)(C)C. The van der Waals surface area contributed by atoms with Crippen molar-refractivity contribution in [1.29, 1.82) is 0 Å². The van der Waals surface area contributed by atoms with E-state index in [4.69, 9.17) is 6.42 Å². The Hall–Kier alpha value is -2.04. The predicted octanol–water partition coefficient (Wildman–Crippen LogP) is 4.22. The lowest BCUT2D eigenvalue weighted by molar-refractivity contribution is -0.00884. The molecule has 1 heteroatoms. The number of rotatable bonds is 2. The second-order valence-corrected chi connectivity index (χ2v) is 6.05. The van der Waals surface area contributed by atoms with Crippen LogP contribution in [0, 0.1) is 17.8 Å². The minimum absolute atomic E-state index is 0.421. The van der Waals surface area contributed by atoms with Gasteiger partial charge in [-0.3, -0.25) is 0 Å². The van der Waals surface area contributed by atoms with Crippen LogP contribution in [0.5, 0.6) is 0 Å². The number of hydrogen-bond acceptors (Lipinski definition) is 1. The van der Waals surface area contributed by atoms with Crippen molar-refractivity contribution >= 4 is 0 Å². The molecule has 102 valence electrons. The van der Waals surface area contributed by atoms with Crippen LogP contribution in [0.1, 0.15) is 26.3 Å². The van der Waals surface area contributed by atoms with E-state index in [9.17, 15) is 5.11 Å². The van der Waals surface area contributed by atoms with Gasteiger partial charge in [0.1, 0.15) is 0 Å². The van der Waals surface area contributed by atoms with Crippen LogP contribution in [0.15, 0.2) is 54.6 Å². The van der Waals surface area contributed by atoms with Gasteiger partial charge in [0.15, 0.2) is 5.60 Å². The lowest BCUT2D eigenvalue weighted by atomic mass is 9.72. The molecule has 0 aromatic heterocycles. The highest BCUT2D eigenvalue weighted by Crippen LogP contribution is 2.39. The Balaban J connectivity index is 2.41. The van der Waals surface area contributed by atoms with Gasteiger partial charge in [-0.15, -0.1) is 6.42 Å². The average Bonchev–Trinajstić information content (AvgIpc) is 2.46. The van der Waals surface area contributed by atoms with Gasteiger partial charge in [0.2, 0.25) is 0 Å². The smallest absolute Gasteiger partial charge is 0.155 e. The summed E-state index contributed by atoms with van der Waals surface area (Å²) in [6.45, 7) is 5.83. The topological polar surface area (TPSA) is 20.2 Å². The molecule has 0 aliphatic heterocycles. The first-order valence-electron chi connectivity index (χ1n) is 6.74. The zero-order valence-corrected chi connectivity index (χ0v) is 12.2. The van der Waals surface area contributed by atoms with Gasteiger partial charge < -0.3 is 5.11 Å². The quantitative estimate of drug-likeness (QED) is 0.805. The van der Waals surface area contributed by atoms with Crippen molar-refractivity contribution < 1.29 is 5.11 Å². The molecule has 2 rings (SSSR count). The Kier molecular flexibility index (Phi) is 3.70. The van der Waals surface area contributed by atoms with Crippen molar-refractivity contribution in [1.82, 2.24) is 0 Å². The van der Waals surface area contributed by atoms with E-state index in [1.807, 2.05) is 63.2 Å². The van der Waals surface area contributed by atoms with Crippen LogP contribution in [0.3, 0.4) is 0 Å². The molecule has 0 bridgehead atoms. The van der Waals surface area contributed by atoms with Crippen molar-refractivity contribution in [2.75, 3.05) is 0 Å². The van der Waals surface area contributed by atoms with Crippen molar-refractivity contribution in [3.63, 3.8) is 0 Å². The molecular weight excluding hydrogens is 244 g/mol. The predicted molar refractivity (Wildman–Crippen MR) is 84.1 cm³/mol. The van der Waals surface area contributed by atoms with Crippen LogP contribution in [-0.4, -0.2) is 5.11 Å². The van der Waals surface area contributed by atoms with Gasteiger partial charge in [0, 0.05) is 5.41 Å². The van der Waals surface area contributed by atoms with Crippen molar-refractivity contribution in [2.45, 2.75) is 26.4 Å². The Morgan fingerprint density at radius 3 is 1.80 bits per heavy atom.